The van der Waals surface area contributed by atoms with Crippen molar-refractivity contribution in [3.63, 3.8) is 0 Å². The lowest BCUT2D eigenvalue weighted by atomic mass is 9.77. The molecule has 396 valence electrons. The Balaban J connectivity index is 1.10. The first kappa shape index (κ1) is 55.8. The Morgan fingerprint density at radius 3 is 0.868 bits per heavy atom. The first-order chi connectivity index (χ1) is 36.1. The van der Waals surface area contributed by atoms with E-state index in [0.29, 0.717) is 33.4 Å². The van der Waals surface area contributed by atoms with Crippen LogP contribution in [0.4, 0.5) is 26.3 Å². The van der Waals surface area contributed by atoms with E-state index in [1.807, 2.05) is 182 Å². The zero-order valence-corrected chi connectivity index (χ0v) is 45.6. The van der Waals surface area contributed by atoms with Gasteiger partial charge in [0, 0.05) is 17.4 Å². The van der Waals surface area contributed by atoms with Gasteiger partial charge in [0.2, 0.25) is 11.2 Å². The van der Waals surface area contributed by atoms with E-state index in [1.165, 1.54) is 22.0 Å². The Morgan fingerprint density at radius 2 is 0.658 bits per heavy atom. The highest BCUT2D eigenvalue weighted by molar-refractivity contribution is 7.33. The molecule has 8 rings (SSSR count). The summed E-state index contributed by atoms with van der Waals surface area (Å²) in [6.07, 6.45) is -9.86. The summed E-state index contributed by atoms with van der Waals surface area (Å²) in [5.74, 6) is -1.45. The van der Waals surface area contributed by atoms with Gasteiger partial charge >= 0.3 is 20.6 Å². The van der Waals surface area contributed by atoms with Gasteiger partial charge in [-0.05, 0) is 72.7 Å². The van der Waals surface area contributed by atoms with Gasteiger partial charge in [-0.2, -0.15) is 36.5 Å². The number of halogens is 6. The average Bonchev–Trinajstić information content (AvgIpc) is 4.16. The van der Waals surface area contributed by atoms with Crippen molar-refractivity contribution in [2.75, 3.05) is 13.2 Å². The molecule has 11 nitrogen and oxygen atoms in total. The molecule has 0 saturated carbocycles. The number of alkyl halides is 6. The fourth-order valence-corrected chi connectivity index (χ4v) is 13.0. The van der Waals surface area contributed by atoms with Gasteiger partial charge in [0.05, 0.1) is 0 Å². The molecule has 0 radical (unpaired) electrons. The van der Waals surface area contributed by atoms with Gasteiger partial charge in [0.25, 0.3) is 0 Å². The lowest BCUT2D eigenvalue weighted by Gasteiger charge is -2.39. The lowest BCUT2D eigenvalue weighted by molar-refractivity contribution is -0.266. The molecule has 6 aromatic carbocycles. The van der Waals surface area contributed by atoms with E-state index in [4.69, 9.17) is 17.9 Å². The fraction of sp³-hybridized carbons (Fsp3) is 0.286. The molecule has 0 saturated heterocycles. The van der Waals surface area contributed by atoms with Crippen molar-refractivity contribution in [2.45, 2.75) is 86.8 Å². The van der Waals surface area contributed by atoms with Crippen molar-refractivity contribution >= 4 is 24.9 Å². The second-order valence-electron chi connectivity index (χ2n) is 20.1. The van der Waals surface area contributed by atoms with E-state index >= 15 is 26.3 Å². The van der Waals surface area contributed by atoms with Crippen LogP contribution in [0.15, 0.2) is 195 Å². The topological polar surface area (TPSA) is 115 Å². The molecule has 2 aromatic heterocycles. The van der Waals surface area contributed by atoms with Gasteiger partial charge in [-0.15, -0.1) is 9.05 Å². The van der Waals surface area contributed by atoms with E-state index in [9.17, 15) is 4.57 Å². The highest BCUT2D eigenvalue weighted by Crippen LogP contribution is 2.50. The summed E-state index contributed by atoms with van der Waals surface area (Å²) in [5, 5.41) is 9.30. The molecule has 0 aliphatic carbocycles. The van der Waals surface area contributed by atoms with Gasteiger partial charge in [0.1, 0.15) is 36.9 Å². The molecule has 0 aliphatic rings. The molecule has 0 aliphatic heterocycles. The molecule has 2 unspecified atom stereocenters. The third kappa shape index (κ3) is 11.2. The Kier molecular flexibility index (Phi) is 16.3. The third-order valence-corrected chi connectivity index (χ3v) is 15.4. The van der Waals surface area contributed by atoms with E-state index in [2.05, 4.69) is 20.2 Å². The monoisotopic (exact) mass is 1100 g/mol. The van der Waals surface area contributed by atoms with E-state index < -0.39 is 97.2 Å². The minimum atomic E-state index is -5.17. The Hall–Kier alpha value is -6.45. The fourth-order valence-electron chi connectivity index (χ4n) is 9.77. The molecule has 2 heterocycles. The quantitative estimate of drug-likeness (QED) is 0.0283. The molecule has 0 bridgehead atoms. The molecular formula is C56H58F6N6O5PSi2+. The summed E-state index contributed by atoms with van der Waals surface area (Å²) >= 11 is 0. The largest absolute Gasteiger partial charge is 0.697 e. The molecule has 0 spiro atoms. The Morgan fingerprint density at radius 1 is 0.421 bits per heavy atom. The average molecular weight is 1100 g/mol. The highest BCUT2D eigenvalue weighted by Gasteiger charge is 2.63. The summed E-state index contributed by atoms with van der Waals surface area (Å²) in [6, 6.07) is 55.1. The van der Waals surface area contributed by atoms with Crippen LogP contribution < -0.4 is 0 Å². The van der Waals surface area contributed by atoms with E-state index in [0.717, 1.165) is 0 Å². The van der Waals surface area contributed by atoms with Crippen molar-refractivity contribution in [3.8, 4) is 0 Å². The predicted octanol–water partition coefficient (Wildman–Crippen LogP) is 13.9. The van der Waals surface area contributed by atoms with Gasteiger partial charge in [-0.1, -0.05) is 182 Å². The second kappa shape index (κ2) is 22.3. The van der Waals surface area contributed by atoms with Crippen LogP contribution in [-0.2, 0) is 44.7 Å². The molecule has 20 heteroatoms. The maximum Gasteiger partial charge on any atom is 0.697 e. The van der Waals surface area contributed by atoms with Crippen LogP contribution in [-0.4, -0.2) is 71.7 Å². The van der Waals surface area contributed by atoms with Crippen LogP contribution in [0.2, 0.25) is 39.3 Å². The first-order valence-corrected chi connectivity index (χ1v) is 32.4. The first-order valence-electron chi connectivity index (χ1n) is 24.5. The van der Waals surface area contributed by atoms with Gasteiger partial charge in [-0.25, -0.2) is 19.3 Å². The molecule has 0 N–H and O–H groups in total. The summed E-state index contributed by atoms with van der Waals surface area (Å²) < 4.78 is 135. The van der Waals surface area contributed by atoms with Crippen molar-refractivity contribution in [1.29, 1.82) is 0 Å². The summed E-state index contributed by atoms with van der Waals surface area (Å²) in [6.45, 7) is 7.69. The zero-order chi connectivity index (χ0) is 54.5. The van der Waals surface area contributed by atoms with Crippen molar-refractivity contribution < 1.29 is 48.8 Å². The molecule has 76 heavy (non-hydrogen) atoms. The van der Waals surface area contributed by atoms with Crippen LogP contribution >= 0.6 is 8.25 Å². The SMILES string of the molecule is C[Si](C)(C)OC(CCO[P+](=O)OCCC(O[Si](C)(C)C)(c1ncn(C(c2ccccc2)(c2ccccc2)c2ccccc2)n1)C(F)(F)F)(c1ncn(C(c2ccccc2)(c2ccccc2)c2ccccc2)n1)C(F)(F)F. The molecule has 0 fully saturated rings. The summed E-state index contributed by atoms with van der Waals surface area (Å²) in [5.41, 5.74) is -4.99. The van der Waals surface area contributed by atoms with Gasteiger partial charge < -0.3 is 8.85 Å². The standard InChI is InChI=1S/C56H58F6N6O5PSi2/c1-75(2,3)72-51(55(57,58)59,49-63-41-67(65-49)53(43-25-13-7-14-26-43,44-27-15-8-16-28-44)45-29-17-9-18-30-45)37-39-70-74(69)71-40-38-52(56(60,61)62,73-76(4,5)6)50-64-42-68(66-50)54(46-31-19-10-20-32-46,47-33-21-11-22-34-47)48-35-23-12-24-36-48/h7-36,41-42H,37-40H2,1-6H3/q+1. The number of aromatic nitrogens is 6. The minimum absolute atomic E-state index is 0.679. The highest BCUT2D eigenvalue weighted by atomic mass is 31.1. The molecule has 8 aromatic rings. The molecule has 2 atom stereocenters. The van der Waals surface area contributed by atoms with Crippen LogP contribution in [0.3, 0.4) is 0 Å². The van der Waals surface area contributed by atoms with Crippen molar-refractivity contribution in [1.82, 2.24) is 29.5 Å². The second-order valence-corrected chi connectivity index (χ2v) is 29.9. The smallest absolute Gasteiger partial charge is 0.398 e. The Labute approximate surface area is 441 Å². The lowest BCUT2D eigenvalue weighted by Crippen LogP contribution is -2.52. The van der Waals surface area contributed by atoms with Gasteiger partial charge in [-0.3, -0.25) is 0 Å². The maximum absolute atomic E-state index is 16.0. The Bertz CT molecular complexity index is 2750. The van der Waals surface area contributed by atoms with Gasteiger partial charge in [0.15, 0.2) is 28.3 Å². The van der Waals surface area contributed by atoms with Crippen molar-refractivity contribution in [2.24, 2.45) is 0 Å². The number of rotatable bonds is 22. The number of benzene rings is 6. The van der Waals surface area contributed by atoms with Crippen LogP contribution in [0, 0.1) is 0 Å². The van der Waals surface area contributed by atoms with Crippen LogP contribution in [0.25, 0.3) is 0 Å². The number of hydrogen-bond donors (Lipinski definition) is 0. The number of hydrogen-bond acceptors (Lipinski definition) is 9. The van der Waals surface area contributed by atoms with Crippen LogP contribution in [0.5, 0.6) is 0 Å². The predicted molar refractivity (Wildman–Crippen MR) is 282 cm³/mol. The van der Waals surface area contributed by atoms with Crippen molar-refractivity contribution in [3.05, 3.63) is 240 Å². The molecule has 0 amide bonds. The normalized spacial score (nSPS) is 14.7. The minimum Gasteiger partial charge on any atom is -0.398 e. The number of nitrogens with zero attached hydrogens (tertiary/aromatic N) is 6. The zero-order valence-electron chi connectivity index (χ0n) is 42.7. The van der Waals surface area contributed by atoms with E-state index in [1.54, 1.807) is 39.3 Å². The maximum atomic E-state index is 16.0. The van der Waals surface area contributed by atoms with Crippen LogP contribution in [0.1, 0.15) is 57.9 Å². The molecular weight excluding hydrogens is 1040 g/mol. The third-order valence-electron chi connectivity index (χ3n) is 12.7. The summed E-state index contributed by atoms with van der Waals surface area (Å²) in [7, 11) is -9.68. The van der Waals surface area contributed by atoms with E-state index in [-0.39, 0.29) is 0 Å². The summed E-state index contributed by atoms with van der Waals surface area (Å²) in [4.78, 5) is 8.69.